The molecule has 0 aliphatic heterocycles. The first-order valence-corrected chi connectivity index (χ1v) is 8.02. The highest BCUT2D eigenvalue weighted by Crippen LogP contribution is 2.34. The lowest BCUT2D eigenvalue weighted by Gasteiger charge is -2.27. The molecule has 1 aromatic rings. The summed E-state index contributed by atoms with van der Waals surface area (Å²) in [7, 11) is 0. The fourth-order valence-corrected chi connectivity index (χ4v) is 3.31. The molecule has 2 rings (SSSR count). The van der Waals surface area contributed by atoms with Crippen molar-refractivity contribution in [3.8, 4) is 0 Å². The van der Waals surface area contributed by atoms with Gasteiger partial charge in [-0.3, -0.25) is 4.98 Å². The van der Waals surface area contributed by atoms with Crippen LogP contribution in [0.25, 0.3) is 0 Å². The van der Waals surface area contributed by atoms with E-state index in [1.807, 2.05) is 12.4 Å². The van der Waals surface area contributed by atoms with E-state index in [0.717, 1.165) is 19.0 Å². The van der Waals surface area contributed by atoms with Gasteiger partial charge in [-0.15, -0.1) is 0 Å². The smallest absolute Gasteiger partial charge is 0.0270 e. The van der Waals surface area contributed by atoms with Crippen molar-refractivity contribution in [2.45, 2.75) is 57.8 Å². The third-order valence-electron chi connectivity index (χ3n) is 4.39. The fraction of sp³-hybridized carbons (Fsp3) is 0.706. The number of nitrogens with one attached hydrogen (secondary N) is 1. The lowest BCUT2D eigenvalue weighted by atomic mass is 9.81. The zero-order chi connectivity index (χ0) is 13.3. The molecule has 1 saturated carbocycles. The van der Waals surface area contributed by atoms with Gasteiger partial charge in [-0.2, -0.15) is 0 Å². The molecule has 0 spiro atoms. The van der Waals surface area contributed by atoms with Crippen LogP contribution >= 0.6 is 0 Å². The Labute approximate surface area is 118 Å². The summed E-state index contributed by atoms with van der Waals surface area (Å²) < 4.78 is 0. The molecular weight excluding hydrogens is 232 g/mol. The van der Waals surface area contributed by atoms with E-state index in [2.05, 4.69) is 29.4 Å². The van der Waals surface area contributed by atoms with E-state index in [-0.39, 0.29) is 0 Å². The van der Waals surface area contributed by atoms with Crippen molar-refractivity contribution in [2.75, 3.05) is 13.1 Å². The standard InChI is InChI=1S/C17H28N2/c1-2-11-19-14-17(16-9-12-18-13-10-16)15-7-5-3-4-6-8-15/h9-10,12-13,15,17,19H,2-8,11,14H2,1H3. The highest BCUT2D eigenvalue weighted by molar-refractivity contribution is 5.17. The maximum absolute atomic E-state index is 4.17. The van der Waals surface area contributed by atoms with Crippen molar-refractivity contribution in [3.05, 3.63) is 30.1 Å². The molecule has 1 N–H and O–H groups in total. The maximum atomic E-state index is 4.17. The van der Waals surface area contributed by atoms with Gasteiger partial charge in [0.25, 0.3) is 0 Å². The Hall–Kier alpha value is -0.890. The molecule has 1 heterocycles. The highest BCUT2D eigenvalue weighted by atomic mass is 14.9. The third kappa shape index (κ3) is 4.61. The first-order valence-electron chi connectivity index (χ1n) is 8.02. The number of aromatic nitrogens is 1. The van der Waals surface area contributed by atoms with Crippen LogP contribution in [-0.4, -0.2) is 18.1 Å². The molecule has 1 atom stereocenters. The topological polar surface area (TPSA) is 24.9 Å². The molecule has 0 bridgehead atoms. The van der Waals surface area contributed by atoms with Gasteiger partial charge in [0, 0.05) is 18.9 Å². The van der Waals surface area contributed by atoms with E-state index >= 15 is 0 Å². The summed E-state index contributed by atoms with van der Waals surface area (Å²) in [5.41, 5.74) is 1.48. The van der Waals surface area contributed by atoms with Crippen LogP contribution in [0.3, 0.4) is 0 Å². The van der Waals surface area contributed by atoms with Gasteiger partial charge in [0.1, 0.15) is 0 Å². The van der Waals surface area contributed by atoms with E-state index in [9.17, 15) is 0 Å². The number of hydrogen-bond donors (Lipinski definition) is 1. The van der Waals surface area contributed by atoms with Crippen LogP contribution in [-0.2, 0) is 0 Å². The van der Waals surface area contributed by atoms with Gasteiger partial charge in [0.15, 0.2) is 0 Å². The van der Waals surface area contributed by atoms with Gasteiger partial charge in [0.2, 0.25) is 0 Å². The predicted molar refractivity (Wildman–Crippen MR) is 81.3 cm³/mol. The van der Waals surface area contributed by atoms with Crippen molar-refractivity contribution < 1.29 is 0 Å². The second kappa shape index (κ2) is 8.31. The predicted octanol–water partition coefficient (Wildman–Crippen LogP) is 4.14. The minimum atomic E-state index is 0.674. The van der Waals surface area contributed by atoms with Crippen LogP contribution in [0.5, 0.6) is 0 Å². The summed E-state index contributed by atoms with van der Waals surface area (Å²) in [6, 6.07) is 4.42. The van der Waals surface area contributed by atoms with E-state index in [4.69, 9.17) is 0 Å². The SMILES string of the molecule is CCCNCC(c1ccncc1)C1CCCCCC1. The van der Waals surface area contributed by atoms with Gasteiger partial charge < -0.3 is 5.32 Å². The maximum Gasteiger partial charge on any atom is 0.0270 e. The van der Waals surface area contributed by atoms with Gasteiger partial charge >= 0.3 is 0 Å². The van der Waals surface area contributed by atoms with E-state index in [1.165, 1.54) is 50.5 Å². The minimum absolute atomic E-state index is 0.674. The molecule has 0 amide bonds. The van der Waals surface area contributed by atoms with E-state index in [0.29, 0.717) is 5.92 Å². The van der Waals surface area contributed by atoms with Crippen molar-refractivity contribution in [3.63, 3.8) is 0 Å². The molecule has 19 heavy (non-hydrogen) atoms. The van der Waals surface area contributed by atoms with Gasteiger partial charge in [-0.1, -0.05) is 32.6 Å². The average molecular weight is 260 g/mol. The fourth-order valence-electron chi connectivity index (χ4n) is 3.31. The Balaban J connectivity index is 2.04. The van der Waals surface area contributed by atoms with Crippen LogP contribution in [0.2, 0.25) is 0 Å². The minimum Gasteiger partial charge on any atom is -0.316 e. The Kier molecular flexibility index (Phi) is 6.35. The lowest BCUT2D eigenvalue weighted by molar-refractivity contribution is 0.361. The average Bonchev–Trinajstić information content (AvgIpc) is 2.74. The molecule has 0 aromatic carbocycles. The molecular formula is C17H28N2. The van der Waals surface area contributed by atoms with Crippen LogP contribution in [0.15, 0.2) is 24.5 Å². The van der Waals surface area contributed by atoms with Crippen LogP contribution in [0.1, 0.15) is 63.4 Å². The molecule has 1 aliphatic rings. The largest absolute Gasteiger partial charge is 0.316 e. The van der Waals surface area contributed by atoms with Crippen LogP contribution in [0, 0.1) is 5.92 Å². The van der Waals surface area contributed by atoms with Gasteiger partial charge in [0.05, 0.1) is 0 Å². The zero-order valence-corrected chi connectivity index (χ0v) is 12.3. The van der Waals surface area contributed by atoms with E-state index in [1.54, 1.807) is 0 Å². The summed E-state index contributed by atoms with van der Waals surface area (Å²) >= 11 is 0. The Morgan fingerprint density at radius 1 is 1.16 bits per heavy atom. The molecule has 1 unspecified atom stereocenters. The first-order chi connectivity index (χ1) is 9.42. The summed E-state index contributed by atoms with van der Waals surface area (Å²) in [5, 5.41) is 3.63. The van der Waals surface area contributed by atoms with Crippen molar-refractivity contribution >= 4 is 0 Å². The molecule has 0 saturated heterocycles. The summed E-state index contributed by atoms with van der Waals surface area (Å²) in [6.07, 6.45) is 13.6. The zero-order valence-electron chi connectivity index (χ0n) is 12.3. The normalized spacial score (nSPS) is 19.0. The highest BCUT2D eigenvalue weighted by Gasteiger charge is 2.23. The van der Waals surface area contributed by atoms with Crippen molar-refractivity contribution in [1.82, 2.24) is 10.3 Å². The monoisotopic (exact) mass is 260 g/mol. The molecule has 1 aliphatic carbocycles. The molecule has 2 nitrogen and oxygen atoms in total. The summed E-state index contributed by atoms with van der Waals surface area (Å²) in [6.45, 7) is 4.50. The first kappa shape index (κ1) is 14.5. The number of rotatable bonds is 6. The quantitative estimate of drug-likeness (QED) is 0.614. The Bertz CT molecular complexity index is 328. The molecule has 106 valence electrons. The van der Waals surface area contributed by atoms with Gasteiger partial charge in [-0.25, -0.2) is 0 Å². The lowest BCUT2D eigenvalue weighted by Crippen LogP contribution is -2.27. The van der Waals surface area contributed by atoms with Crippen LogP contribution < -0.4 is 5.32 Å². The second-order valence-corrected chi connectivity index (χ2v) is 5.84. The van der Waals surface area contributed by atoms with Crippen LogP contribution in [0.4, 0.5) is 0 Å². The molecule has 1 aromatic heterocycles. The third-order valence-corrected chi connectivity index (χ3v) is 4.39. The number of pyridine rings is 1. The van der Waals surface area contributed by atoms with Crippen molar-refractivity contribution in [2.24, 2.45) is 5.92 Å². The van der Waals surface area contributed by atoms with E-state index < -0.39 is 0 Å². The number of nitrogens with zero attached hydrogens (tertiary/aromatic N) is 1. The molecule has 2 heteroatoms. The summed E-state index contributed by atoms with van der Waals surface area (Å²) in [4.78, 5) is 4.17. The Morgan fingerprint density at radius 2 is 1.84 bits per heavy atom. The number of hydrogen-bond acceptors (Lipinski definition) is 2. The summed E-state index contributed by atoms with van der Waals surface area (Å²) in [5.74, 6) is 1.53. The Morgan fingerprint density at radius 3 is 2.47 bits per heavy atom. The second-order valence-electron chi connectivity index (χ2n) is 5.84. The molecule has 0 radical (unpaired) electrons. The molecule has 1 fully saturated rings. The van der Waals surface area contributed by atoms with Gasteiger partial charge in [-0.05, 0) is 55.3 Å². The van der Waals surface area contributed by atoms with Crippen molar-refractivity contribution in [1.29, 1.82) is 0 Å².